The molecular formula is C16H13NO2. The molecule has 0 N–H and O–H groups in total. The van der Waals surface area contributed by atoms with Gasteiger partial charge in [-0.05, 0) is 16.7 Å². The number of nitro groups is 1. The Kier molecular flexibility index (Phi) is 4.24. The Bertz CT molecular complexity index is 598. The predicted octanol–water partition coefficient (Wildman–Crippen LogP) is 4.10. The summed E-state index contributed by atoms with van der Waals surface area (Å²) in [6.07, 6.45) is 6.46. The van der Waals surface area contributed by atoms with Gasteiger partial charge in [0.15, 0.2) is 0 Å². The summed E-state index contributed by atoms with van der Waals surface area (Å²) < 4.78 is 0. The van der Waals surface area contributed by atoms with Gasteiger partial charge < -0.3 is 0 Å². The van der Waals surface area contributed by atoms with Gasteiger partial charge in [0, 0.05) is 6.08 Å². The highest BCUT2D eigenvalue weighted by atomic mass is 16.6. The van der Waals surface area contributed by atoms with Crippen molar-refractivity contribution in [3.8, 4) is 0 Å². The fourth-order valence-corrected chi connectivity index (χ4v) is 1.62. The molecule has 0 saturated heterocycles. The van der Waals surface area contributed by atoms with Gasteiger partial charge in [0.1, 0.15) is 0 Å². The Morgan fingerprint density at radius 3 is 1.74 bits per heavy atom. The van der Waals surface area contributed by atoms with Crippen LogP contribution < -0.4 is 0 Å². The molecule has 19 heavy (non-hydrogen) atoms. The van der Waals surface area contributed by atoms with Gasteiger partial charge in [0.05, 0.1) is 4.92 Å². The van der Waals surface area contributed by atoms with E-state index in [4.69, 9.17) is 0 Å². The summed E-state index contributed by atoms with van der Waals surface area (Å²) in [5, 5.41) is 10.2. The number of benzene rings is 2. The number of hydrogen-bond acceptors (Lipinski definition) is 2. The number of hydrogen-bond donors (Lipinski definition) is 0. The highest BCUT2D eigenvalue weighted by molar-refractivity contribution is 5.70. The molecule has 0 aliphatic heterocycles. The Balaban J connectivity index is 2.07. The lowest BCUT2D eigenvalue weighted by molar-refractivity contribution is -0.400. The van der Waals surface area contributed by atoms with Crippen LogP contribution in [0, 0.1) is 10.1 Å². The van der Waals surface area contributed by atoms with Crippen LogP contribution in [0.5, 0.6) is 0 Å². The molecule has 0 unspecified atom stereocenters. The normalized spacial score (nSPS) is 11.2. The van der Waals surface area contributed by atoms with Crippen molar-refractivity contribution in [2.75, 3.05) is 0 Å². The summed E-state index contributed by atoms with van der Waals surface area (Å²) >= 11 is 0. The molecule has 3 heteroatoms. The summed E-state index contributed by atoms with van der Waals surface area (Å²) in [4.78, 5) is 9.74. The average Bonchev–Trinajstić information content (AvgIpc) is 2.45. The largest absolute Gasteiger partial charge is 0.259 e. The van der Waals surface area contributed by atoms with E-state index in [2.05, 4.69) is 0 Å². The molecule has 3 nitrogen and oxygen atoms in total. The second-order valence-corrected chi connectivity index (χ2v) is 4.01. The molecule has 0 radical (unpaired) electrons. The van der Waals surface area contributed by atoms with Crippen molar-refractivity contribution in [3.63, 3.8) is 0 Å². The van der Waals surface area contributed by atoms with Crippen LogP contribution in [0.3, 0.4) is 0 Å². The molecule has 0 heterocycles. The van der Waals surface area contributed by atoms with Crippen LogP contribution in [0.25, 0.3) is 18.2 Å². The molecule has 0 amide bonds. The number of rotatable bonds is 4. The lowest BCUT2D eigenvalue weighted by Gasteiger charge is -1.96. The standard InChI is InChI=1S/C16H13NO2/c18-17(19)13-12-16-10-8-15(9-11-16)7-6-14-4-2-1-3-5-14/h1-13H/b7-6+,13-12+. The SMILES string of the molecule is O=[N+]([O-])/C=C/c1ccc(/C=C/c2ccccc2)cc1. The lowest BCUT2D eigenvalue weighted by atomic mass is 10.1. The summed E-state index contributed by atoms with van der Waals surface area (Å²) in [6.45, 7) is 0. The molecule has 0 atom stereocenters. The summed E-state index contributed by atoms with van der Waals surface area (Å²) in [5.74, 6) is 0. The van der Waals surface area contributed by atoms with E-state index in [1.54, 1.807) is 0 Å². The van der Waals surface area contributed by atoms with Crippen molar-refractivity contribution in [3.05, 3.63) is 87.6 Å². The van der Waals surface area contributed by atoms with Gasteiger partial charge >= 0.3 is 0 Å². The molecule has 0 fully saturated rings. The van der Waals surface area contributed by atoms with E-state index in [9.17, 15) is 10.1 Å². The first kappa shape index (κ1) is 12.8. The van der Waals surface area contributed by atoms with Crippen LogP contribution in [0.4, 0.5) is 0 Å². The van der Waals surface area contributed by atoms with Crippen LogP contribution in [-0.2, 0) is 0 Å². The molecule has 2 rings (SSSR count). The second-order valence-electron chi connectivity index (χ2n) is 4.01. The third kappa shape index (κ3) is 4.24. The van der Waals surface area contributed by atoms with Gasteiger partial charge in [-0.2, -0.15) is 0 Å². The minimum absolute atomic E-state index is 0.469. The Labute approximate surface area is 111 Å². The van der Waals surface area contributed by atoms with Gasteiger partial charge in [0.25, 0.3) is 0 Å². The Hall–Kier alpha value is -2.68. The highest BCUT2D eigenvalue weighted by Crippen LogP contribution is 2.10. The van der Waals surface area contributed by atoms with Crippen molar-refractivity contribution >= 4 is 18.2 Å². The van der Waals surface area contributed by atoms with Crippen molar-refractivity contribution in [1.29, 1.82) is 0 Å². The maximum Gasteiger partial charge on any atom is 0.235 e. The van der Waals surface area contributed by atoms with Gasteiger partial charge in [-0.25, -0.2) is 0 Å². The zero-order chi connectivity index (χ0) is 13.5. The summed E-state index contributed by atoms with van der Waals surface area (Å²) in [7, 11) is 0. The Morgan fingerprint density at radius 1 is 0.737 bits per heavy atom. The molecular weight excluding hydrogens is 238 g/mol. The van der Waals surface area contributed by atoms with E-state index >= 15 is 0 Å². The molecule has 0 spiro atoms. The first-order chi connectivity index (χ1) is 9.24. The predicted molar refractivity (Wildman–Crippen MR) is 77.8 cm³/mol. The highest BCUT2D eigenvalue weighted by Gasteiger charge is 1.91. The van der Waals surface area contributed by atoms with Crippen LogP contribution in [-0.4, -0.2) is 4.92 Å². The Morgan fingerprint density at radius 2 is 1.21 bits per heavy atom. The van der Waals surface area contributed by atoms with Crippen molar-refractivity contribution in [2.24, 2.45) is 0 Å². The fraction of sp³-hybridized carbons (Fsp3) is 0. The first-order valence-corrected chi connectivity index (χ1v) is 5.89. The zero-order valence-corrected chi connectivity index (χ0v) is 10.3. The van der Waals surface area contributed by atoms with Crippen molar-refractivity contribution in [1.82, 2.24) is 0 Å². The third-order valence-electron chi connectivity index (χ3n) is 2.59. The summed E-state index contributed by atoms with van der Waals surface area (Å²) in [5.41, 5.74) is 3.01. The van der Waals surface area contributed by atoms with Crippen LogP contribution >= 0.6 is 0 Å². The molecule has 0 aromatic heterocycles. The second kappa shape index (κ2) is 6.31. The molecule has 2 aromatic carbocycles. The number of nitrogens with zero attached hydrogens (tertiary/aromatic N) is 1. The van der Waals surface area contributed by atoms with Gasteiger partial charge in [-0.15, -0.1) is 0 Å². The first-order valence-electron chi connectivity index (χ1n) is 5.89. The van der Waals surface area contributed by atoms with E-state index in [1.807, 2.05) is 66.7 Å². The maximum atomic E-state index is 10.2. The third-order valence-corrected chi connectivity index (χ3v) is 2.59. The smallest absolute Gasteiger partial charge is 0.235 e. The molecule has 0 aliphatic rings. The average molecular weight is 251 g/mol. The minimum Gasteiger partial charge on any atom is -0.259 e. The van der Waals surface area contributed by atoms with Crippen LogP contribution in [0.1, 0.15) is 16.7 Å². The molecule has 2 aromatic rings. The van der Waals surface area contributed by atoms with Crippen molar-refractivity contribution in [2.45, 2.75) is 0 Å². The molecule has 0 bridgehead atoms. The van der Waals surface area contributed by atoms with Crippen LogP contribution in [0.2, 0.25) is 0 Å². The lowest BCUT2D eigenvalue weighted by Crippen LogP contribution is -1.82. The van der Waals surface area contributed by atoms with E-state index in [0.717, 1.165) is 22.9 Å². The quantitative estimate of drug-likeness (QED) is 0.466. The zero-order valence-electron chi connectivity index (χ0n) is 10.3. The monoisotopic (exact) mass is 251 g/mol. The van der Waals surface area contributed by atoms with Gasteiger partial charge in [-0.3, -0.25) is 10.1 Å². The van der Waals surface area contributed by atoms with Gasteiger partial charge in [0.2, 0.25) is 6.20 Å². The van der Waals surface area contributed by atoms with E-state index in [-0.39, 0.29) is 0 Å². The minimum atomic E-state index is -0.469. The topological polar surface area (TPSA) is 43.1 Å². The summed E-state index contributed by atoms with van der Waals surface area (Å²) in [6, 6.07) is 17.6. The molecule has 94 valence electrons. The van der Waals surface area contributed by atoms with E-state index in [0.29, 0.717) is 0 Å². The van der Waals surface area contributed by atoms with Gasteiger partial charge in [-0.1, -0.05) is 66.7 Å². The fourth-order valence-electron chi connectivity index (χ4n) is 1.62. The van der Waals surface area contributed by atoms with Crippen molar-refractivity contribution < 1.29 is 4.92 Å². The molecule has 0 aliphatic carbocycles. The maximum absolute atomic E-state index is 10.2. The van der Waals surface area contributed by atoms with E-state index < -0.39 is 4.92 Å². The molecule has 0 saturated carbocycles. The van der Waals surface area contributed by atoms with E-state index in [1.165, 1.54) is 6.08 Å². The van der Waals surface area contributed by atoms with Crippen LogP contribution in [0.15, 0.2) is 60.8 Å².